The highest BCUT2D eigenvalue weighted by Crippen LogP contribution is 2.23. The summed E-state index contributed by atoms with van der Waals surface area (Å²) in [5, 5.41) is 11.9. The van der Waals surface area contributed by atoms with E-state index in [-0.39, 0.29) is 13.1 Å². The molecule has 0 bridgehead atoms. The van der Waals surface area contributed by atoms with Crippen LogP contribution in [0.1, 0.15) is 27.0 Å². The first-order valence-electron chi connectivity index (χ1n) is 10.2. The van der Waals surface area contributed by atoms with Crippen molar-refractivity contribution in [1.29, 1.82) is 0 Å². The van der Waals surface area contributed by atoms with Crippen LogP contribution in [-0.2, 0) is 17.9 Å². The number of carbonyl (C=O) groups excluding carboxylic acids is 3. The van der Waals surface area contributed by atoms with Gasteiger partial charge in [0.2, 0.25) is 0 Å². The molecule has 0 heterocycles. The molecule has 34 heavy (non-hydrogen) atoms. The summed E-state index contributed by atoms with van der Waals surface area (Å²) in [5.41, 5.74) is 4.07. The zero-order chi connectivity index (χ0) is 24.5. The number of halogens is 2. The third-order valence-corrected chi connectivity index (χ3v) is 5.40. The number of urea groups is 1. The molecule has 3 N–H and O–H groups in total. The third-order valence-electron chi connectivity index (χ3n) is 4.81. The van der Waals surface area contributed by atoms with E-state index < -0.39 is 17.8 Å². The van der Waals surface area contributed by atoms with Crippen molar-refractivity contribution >= 4 is 47.1 Å². The van der Waals surface area contributed by atoms with Crippen molar-refractivity contribution in [1.82, 2.24) is 15.7 Å². The summed E-state index contributed by atoms with van der Waals surface area (Å²) in [4.78, 5) is 38.1. The number of hydroxylamine groups is 1. The fraction of sp³-hybridized carbons (Fsp3) is 0.0800. The van der Waals surface area contributed by atoms with Crippen molar-refractivity contribution in [3.05, 3.63) is 111 Å². The van der Waals surface area contributed by atoms with Crippen molar-refractivity contribution in [2.75, 3.05) is 0 Å². The molecule has 174 valence electrons. The van der Waals surface area contributed by atoms with Crippen LogP contribution in [0.4, 0.5) is 4.79 Å². The smallest absolute Gasteiger partial charge is 0.316 e. The lowest BCUT2D eigenvalue weighted by atomic mass is 10.1. The van der Waals surface area contributed by atoms with E-state index in [1.54, 1.807) is 72.8 Å². The van der Waals surface area contributed by atoms with Crippen molar-refractivity contribution in [2.45, 2.75) is 13.1 Å². The molecule has 0 atom stereocenters. The van der Waals surface area contributed by atoms with Gasteiger partial charge in [0.1, 0.15) is 0 Å². The average molecular weight is 498 g/mol. The highest BCUT2D eigenvalue weighted by atomic mass is 35.5. The van der Waals surface area contributed by atoms with E-state index in [0.29, 0.717) is 21.2 Å². The number of hydrogen-bond acceptors (Lipinski definition) is 4. The maximum atomic E-state index is 13.0. The molecule has 0 radical (unpaired) electrons. The Hall–Kier alpha value is -3.65. The highest BCUT2D eigenvalue weighted by Gasteiger charge is 2.19. The number of benzene rings is 3. The van der Waals surface area contributed by atoms with Crippen molar-refractivity contribution < 1.29 is 19.6 Å². The third kappa shape index (κ3) is 7.18. The average Bonchev–Trinajstić information content (AvgIpc) is 2.84. The zero-order valence-electron chi connectivity index (χ0n) is 17.9. The number of imide groups is 1. The summed E-state index contributed by atoms with van der Waals surface area (Å²) in [6, 6.07) is 20.0. The van der Waals surface area contributed by atoms with Crippen LogP contribution >= 0.6 is 23.2 Å². The minimum absolute atomic E-state index is 0.141. The maximum Gasteiger partial charge on any atom is 0.324 e. The molecule has 7 nitrogen and oxygen atoms in total. The van der Waals surface area contributed by atoms with Gasteiger partial charge < -0.3 is 4.90 Å². The van der Waals surface area contributed by atoms with Crippen LogP contribution in [0.3, 0.4) is 0 Å². The molecule has 3 aromatic rings. The van der Waals surface area contributed by atoms with Crippen LogP contribution in [0.5, 0.6) is 0 Å². The fourth-order valence-electron chi connectivity index (χ4n) is 3.06. The molecule has 0 spiro atoms. The van der Waals surface area contributed by atoms with Gasteiger partial charge in [-0.15, -0.1) is 0 Å². The highest BCUT2D eigenvalue weighted by molar-refractivity contribution is 6.35. The molecule has 3 aromatic carbocycles. The second-order valence-electron chi connectivity index (χ2n) is 7.27. The predicted molar refractivity (Wildman–Crippen MR) is 130 cm³/mol. The van der Waals surface area contributed by atoms with Crippen LogP contribution in [-0.4, -0.2) is 28.0 Å². The number of nitrogens with zero attached hydrogens (tertiary/aromatic N) is 1. The minimum Gasteiger partial charge on any atom is -0.316 e. The van der Waals surface area contributed by atoms with Crippen LogP contribution in [0, 0.1) is 0 Å². The van der Waals surface area contributed by atoms with Gasteiger partial charge in [0.25, 0.3) is 11.8 Å². The van der Waals surface area contributed by atoms with Gasteiger partial charge in [-0.1, -0.05) is 71.7 Å². The SMILES string of the molecule is O=C(/C=C/c1ccc(CN(Cc2ccc(Cl)cc2Cl)C(=O)NC(=O)c2ccccc2)cc1)NO. The Morgan fingerprint density at radius 1 is 0.912 bits per heavy atom. The Labute approximate surface area is 206 Å². The Bertz CT molecular complexity index is 1200. The number of nitrogens with one attached hydrogen (secondary N) is 2. The minimum atomic E-state index is -0.644. The summed E-state index contributed by atoms with van der Waals surface area (Å²) in [5.74, 6) is -1.16. The fourth-order valence-corrected chi connectivity index (χ4v) is 3.52. The normalized spacial score (nSPS) is 10.7. The van der Waals surface area contributed by atoms with Crippen molar-refractivity contribution in [3.8, 4) is 0 Å². The molecule has 0 aliphatic rings. The molecule has 9 heteroatoms. The number of rotatable bonds is 7. The molecule has 0 unspecified atom stereocenters. The number of amides is 4. The Balaban J connectivity index is 1.79. The van der Waals surface area contributed by atoms with Gasteiger partial charge in [0, 0.05) is 34.8 Å². The van der Waals surface area contributed by atoms with E-state index in [0.717, 1.165) is 11.1 Å². The van der Waals surface area contributed by atoms with Crippen LogP contribution in [0.25, 0.3) is 6.08 Å². The van der Waals surface area contributed by atoms with E-state index in [9.17, 15) is 14.4 Å². The van der Waals surface area contributed by atoms with E-state index >= 15 is 0 Å². The summed E-state index contributed by atoms with van der Waals surface area (Å²) >= 11 is 12.3. The quantitative estimate of drug-likeness (QED) is 0.241. The lowest BCUT2D eigenvalue weighted by Crippen LogP contribution is -2.42. The Kier molecular flexibility index (Phi) is 8.81. The number of hydrogen-bond donors (Lipinski definition) is 3. The van der Waals surface area contributed by atoms with Crippen LogP contribution < -0.4 is 10.8 Å². The van der Waals surface area contributed by atoms with E-state index in [1.807, 2.05) is 0 Å². The second-order valence-corrected chi connectivity index (χ2v) is 8.11. The van der Waals surface area contributed by atoms with Gasteiger partial charge in [-0.2, -0.15) is 0 Å². The Morgan fingerprint density at radius 2 is 1.62 bits per heavy atom. The first-order chi connectivity index (χ1) is 16.4. The predicted octanol–water partition coefficient (Wildman–Crippen LogP) is 5.06. The van der Waals surface area contributed by atoms with Crippen LogP contribution in [0.2, 0.25) is 10.0 Å². The topological polar surface area (TPSA) is 98.7 Å². The molecule has 0 aliphatic heterocycles. The Morgan fingerprint density at radius 3 is 2.26 bits per heavy atom. The molecule has 0 aliphatic carbocycles. The number of carbonyl (C=O) groups is 3. The van der Waals surface area contributed by atoms with E-state index in [4.69, 9.17) is 28.4 Å². The lowest BCUT2D eigenvalue weighted by Gasteiger charge is -2.24. The summed E-state index contributed by atoms with van der Waals surface area (Å²) in [6.07, 6.45) is 2.72. The molecule has 3 rings (SSSR count). The lowest BCUT2D eigenvalue weighted by molar-refractivity contribution is -0.124. The van der Waals surface area contributed by atoms with Crippen LogP contribution in [0.15, 0.2) is 78.9 Å². The van der Waals surface area contributed by atoms with Gasteiger partial charge in [0.05, 0.1) is 0 Å². The molecule has 0 saturated carbocycles. The van der Waals surface area contributed by atoms with E-state index in [2.05, 4.69) is 5.32 Å². The van der Waals surface area contributed by atoms with E-state index in [1.165, 1.54) is 22.5 Å². The van der Waals surface area contributed by atoms with Gasteiger partial charge in [0.15, 0.2) is 0 Å². The molecular formula is C25H21Cl2N3O4. The first kappa shape index (κ1) is 25.0. The molecule has 4 amide bonds. The van der Waals surface area contributed by atoms with Gasteiger partial charge in [-0.25, -0.2) is 10.3 Å². The largest absolute Gasteiger partial charge is 0.324 e. The van der Waals surface area contributed by atoms with Gasteiger partial charge >= 0.3 is 6.03 Å². The standard InChI is InChI=1S/C25H21Cl2N3O4/c26-21-12-11-20(22(27)14-21)16-30(25(33)28-24(32)19-4-2-1-3-5-19)15-18-8-6-17(7-9-18)10-13-23(31)29-34/h1-14,34H,15-16H2,(H,29,31)(H,28,32,33)/b13-10+. The van der Waals surface area contributed by atoms with Gasteiger partial charge in [-0.05, 0) is 47.0 Å². The second kappa shape index (κ2) is 12.0. The van der Waals surface area contributed by atoms with Crippen molar-refractivity contribution in [3.63, 3.8) is 0 Å². The summed E-state index contributed by atoms with van der Waals surface area (Å²) < 4.78 is 0. The first-order valence-corrected chi connectivity index (χ1v) is 10.9. The van der Waals surface area contributed by atoms with Crippen molar-refractivity contribution in [2.24, 2.45) is 0 Å². The zero-order valence-corrected chi connectivity index (χ0v) is 19.4. The van der Waals surface area contributed by atoms with Gasteiger partial charge in [-0.3, -0.25) is 20.1 Å². The molecule has 0 saturated heterocycles. The molecule has 0 fully saturated rings. The molecular weight excluding hydrogens is 477 g/mol. The summed E-state index contributed by atoms with van der Waals surface area (Å²) in [6.45, 7) is 0.330. The monoisotopic (exact) mass is 497 g/mol. The maximum absolute atomic E-state index is 13.0. The molecule has 0 aromatic heterocycles. The summed E-state index contributed by atoms with van der Waals surface area (Å²) in [7, 11) is 0.